The average molecular weight is 1100 g/mol. The molecule has 4 bridgehead atoms. The fourth-order valence-electron chi connectivity index (χ4n) is 10.4. The molecule has 12 nitrogen and oxygen atoms in total. The molecule has 0 spiro atoms. The van der Waals surface area contributed by atoms with Gasteiger partial charge in [0.25, 0.3) is 0 Å². The molecular formula is C50H87IN8O4Si4. The van der Waals surface area contributed by atoms with Crippen LogP contribution in [0.5, 0.6) is 0 Å². The Morgan fingerprint density at radius 3 is 1.36 bits per heavy atom. The van der Waals surface area contributed by atoms with Crippen molar-refractivity contribution < 1.29 is 18.9 Å². The zero-order chi connectivity index (χ0) is 48.1. The summed E-state index contributed by atoms with van der Waals surface area (Å²) in [5.74, 6) is 6.65. The maximum absolute atomic E-state index is 6.22. The van der Waals surface area contributed by atoms with E-state index < -0.39 is 32.3 Å². The summed E-state index contributed by atoms with van der Waals surface area (Å²) in [4.78, 5) is 14.6. The van der Waals surface area contributed by atoms with Gasteiger partial charge in [0.15, 0.2) is 11.3 Å². The Hall–Kier alpha value is -1.72. The smallest absolute Gasteiger partial charge is 0.171 e. The Kier molecular flexibility index (Phi) is 18.1. The van der Waals surface area contributed by atoms with E-state index in [0.717, 1.165) is 76.6 Å². The Labute approximate surface area is 421 Å². The molecule has 4 heterocycles. The number of fused-ring (bicyclic) bond motifs is 6. The van der Waals surface area contributed by atoms with Crippen molar-refractivity contribution in [2.24, 2.45) is 23.7 Å². The SMILES string of the molecule is C[Si](C)(C)CCOCN(COCC[Si](C)(C)C)c1cc(C2CC3CCC2C3)nc2c(I)cnn12.C[Si](C)(C)CCOCN(COCC[Si](C)(C)C)c1cc(C2CC3CCC2C3)nc2ccnn12. The number of hydrogen-bond donors (Lipinski definition) is 0. The van der Waals surface area contributed by atoms with Crippen molar-refractivity contribution in [1.29, 1.82) is 0 Å². The fraction of sp³-hybridized carbons (Fsp3) is 0.760. The van der Waals surface area contributed by atoms with E-state index in [-0.39, 0.29) is 0 Å². The van der Waals surface area contributed by atoms with Crippen LogP contribution in [0.25, 0.3) is 11.3 Å². The van der Waals surface area contributed by atoms with E-state index in [1.165, 1.54) is 86.9 Å². The summed E-state index contributed by atoms with van der Waals surface area (Å²) in [6.07, 6.45) is 14.7. The zero-order valence-electron chi connectivity index (χ0n) is 43.6. The van der Waals surface area contributed by atoms with Gasteiger partial charge in [-0.2, -0.15) is 19.2 Å². The van der Waals surface area contributed by atoms with E-state index in [0.29, 0.717) is 38.8 Å². The van der Waals surface area contributed by atoms with Crippen molar-refractivity contribution in [3.63, 3.8) is 0 Å². The Balaban J connectivity index is 0.000000199. The summed E-state index contributed by atoms with van der Waals surface area (Å²) in [6, 6.07) is 11.2. The molecule has 67 heavy (non-hydrogen) atoms. The number of anilines is 2. The lowest BCUT2D eigenvalue weighted by molar-refractivity contribution is 0.0940. The number of aromatic nitrogens is 6. The summed E-state index contributed by atoms with van der Waals surface area (Å²) in [5.41, 5.74) is 4.37. The molecule has 374 valence electrons. The molecule has 0 aliphatic heterocycles. The van der Waals surface area contributed by atoms with Gasteiger partial charge in [-0.25, -0.2) is 9.97 Å². The minimum atomic E-state index is -1.13. The quantitative estimate of drug-likeness (QED) is 0.0292. The van der Waals surface area contributed by atoms with Crippen LogP contribution in [0.1, 0.15) is 74.6 Å². The number of hydrogen-bond acceptors (Lipinski definition) is 10. The van der Waals surface area contributed by atoms with Crippen molar-refractivity contribution in [1.82, 2.24) is 29.2 Å². The Bertz CT molecular complexity index is 2160. The van der Waals surface area contributed by atoms with Crippen LogP contribution in [0.2, 0.25) is 103 Å². The van der Waals surface area contributed by atoms with Gasteiger partial charge in [-0.3, -0.25) is 0 Å². The molecule has 0 radical (unpaired) electrons. The topological polar surface area (TPSA) is 104 Å². The van der Waals surface area contributed by atoms with Gasteiger partial charge < -0.3 is 28.7 Å². The first kappa shape index (κ1) is 53.1. The van der Waals surface area contributed by atoms with Crippen molar-refractivity contribution >= 4 is 77.8 Å². The first-order valence-corrected chi connectivity index (χ1v) is 41.7. The highest BCUT2D eigenvalue weighted by atomic mass is 127. The van der Waals surface area contributed by atoms with Crippen molar-refractivity contribution in [3.05, 3.63) is 45.6 Å². The first-order chi connectivity index (χ1) is 31.6. The second-order valence-electron chi connectivity index (χ2n) is 25.4. The fourth-order valence-corrected chi connectivity index (χ4v) is 14.0. The van der Waals surface area contributed by atoms with Crippen LogP contribution in [-0.4, -0.2) is 115 Å². The maximum Gasteiger partial charge on any atom is 0.171 e. The summed E-state index contributed by atoms with van der Waals surface area (Å²) in [7, 11) is -4.52. The van der Waals surface area contributed by atoms with Crippen LogP contribution >= 0.6 is 22.6 Å². The highest BCUT2D eigenvalue weighted by Gasteiger charge is 2.42. The van der Waals surface area contributed by atoms with Gasteiger partial charge in [0, 0.05) is 100 Å². The van der Waals surface area contributed by atoms with Crippen LogP contribution in [0.4, 0.5) is 11.6 Å². The van der Waals surface area contributed by atoms with Gasteiger partial charge in [0.1, 0.15) is 38.6 Å². The molecule has 4 aliphatic carbocycles. The van der Waals surface area contributed by atoms with Gasteiger partial charge in [0.05, 0.1) is 16.0 Å². The van der Waals surface area contributed by atoms with E-state index in [1.54, 1.807) is 0 Å². The standard InChI is InChI=1S/C25H43IN4O2Si2.C25H44N4O2Si2/c1-33(2,3)11-9-31-17-29(18-32-10-12-34(4,5)6)24-15-23(21-14-19-7-8-20(21)13-19)28-25-22(26)16-27-30(24)25;1-32(2,3)13-11-30-18-28(19-31-12-14-33(4,5)6)25-17-23(27-24-9-10-26-29(24)25)22-16-20-7-8-21(22)15-20/h15-16,19-21H,7-14,17-18H2,1-6H3;9-10,17,20-22H,7-8,11-16,18-19H2,1-6H3. The molecule has 6 unspecified atom stereocenters. The largest absolute Gasteiger partial charge is 0.361 e. The lowest BCUT2D eigenvalue weighted by Gasteiger charge is -2.28. The van der Waals surface area contributed by atoms with Crippen molar-refractivity contribution in [2.75, 3.05) is 63.2 Å². The highest BCUT2D eigenvalue weighted by molar-refractivity contribution is 14.1. The molecule has 0 N–H and O–H groups in total. The molecule has 4 aromatic rings. The van der Waals surface area contributed by atoms with Crippen molar-refractivity contribution in [3.8, 4) is 0 Å². The molecule has 0 amide bonds. The van der Waals surface area contributed by atoms with Crippen LogP contribution in [0.3, 0.4) is 0 Å². The molecule has 4 fully saturated rings. The number of halogens is 1. The Morgan fingerprint density at radius 2 is 0.970 bits per heavy atom. The minimum Gasteiger partial charge on any atom is -0.361 e. The van der Waals surface area contributed by atoms with E-state index in [1.807, 2.05) is 27.5 Å². The molecule has 4 saturated carbocycles. The van der Waals surface area contributed by atoms with Crippen LogP contribution < -0.4 is 9.80 Å². The van der Waals surface area contributed by atoms with Gasteiger partial charge >= 0.3 is 0 Å². The average Bonchev–Trinajstić information content (AvgIpc) is 4.12. The molecule has 6 atom stereocenters. The number of rotatable bonds is 24. The van der Waals surface area contributed by atoms with Gasteiger partial charge in [-0.1, -0.05) is 91.4 Å². The molecule has 0 saturated heterocycles. The van der Waals surface area contributed by atoms with Crippen LogP contribution in [-0.2, 0) is 18.9 Å². The van der Waals surface area contributed by atoms with Gasteiger partial charge in [-0.15, -0.1) is 0 Å². The summed E-state index contributed by atoms with van der Waals surface area (Å²) < 4.78 is 29.9. The molecule has 8 rings (SSSR count). The Morgan fingerprint density at radius 1 is 0.552 bits per heavy atom. The minimum absolute atomic E-state index is 0.517. The van der Waals surface area contributed by atoms with Gasteiger partial charge in [0.2, 0.25) is 0 Å². The molecule has 4 aromatic heterocycles. The normalized spacial score (nSPS) is 22.9. The summed E-state index contributed by atoms with van der Waals surface area (Å²) in [5, 5.41) is 9.30. The zero-order valence-corrected chi connectivity index (χ0v) is 49.7. The molecule has 4 aliphatic rings. The maximum atomic E-state index is 6.22. The van der Waals surface area contributed by atoms with E-state index in [2.05, 4.69) is 128 Å². The van der Waals surface area contributed by atoms with Crippen LogP contribution in [0, 0.1) is 27.2 Å². The predicted octanol–water partition coefficient (Wildman–Crippen LogP) is 12.7. The van der Waals surface area contributed by atoms with E-state index >= 15 is 0 Å². The molecule has 0 aromatic carbocycles. The highest BCUT2D eigenvalue weighted by Crippen LogP contribution is 2.54. The van der Waals surface area contributed by atoms with Gasteiger partial charge in [-0.05, 0) is 109 Å². The summed E-state index contributed by atoms with van der Waals surface area (Å²) in [6.45, 7) is 34.0. The predicted molar refractivity (Wildman–Crippen MR) is 296 cm³/mol. The second kappa shape index (κ2) is 22.8. The summed E-state index contributed by atoms with van der Waals surface area (Å²) >= 11 is 2.37. The van der Waals surface area contributed by atoms with E-state index in [4.69, 9.17) is 34.0 Å². The third-order valence-corrected chi connectivity index (χ3v) is 22.2. The van der Waals surface area contributed by atoms with Crippen LogP contribution in [0.15, 0.2) is 30.6 Å². The molecule has 17 heteroatoms. The monoisotopic (exact) mass is 1100 g/mol. The lowest BCUT2D eigenvalue weighted by atomic mass is 9.86. The number of ether oxygens (including phenoxy) is 4. The third kappa shape index (κ3) is 15.4. The second-order valence-corrected chi connectivity index (χ2v) is 49.1. The third-order valence-electron chi connectivity index (χ3n) is 14.6. The van der Waals surface area contributed by atoms with Crippen molar-refractivity contribution in [2.45, 2.75) is 166 Å². The van der Waals surface area contributed by atoms with E-state index in [9.17, 15) is 0 Å². The number of nitrogens with zero attached hydrogens (tertiary/aromatic N) is 8. The first-order valence-electron chi connectivity index (χ1n) is 25.8. The lowest BCUT2D eigenvalue weighted by Crippen LogP contribution is -2.33. The molecular weight excluding hydrogens is 1020 g/mol.